The van der Waals surface area contributed by atoms with Crippen LogP contribution in [0.3, 0.4) is 0 Å². The van der Waals surface area contributed by atoms with E-state index in [-0.39, 0.29) is 5.69 Å². The zero-order valence-corrected chi connectivity index (χ0v) is 13.7. The van der Waals surface area contributed by atoms with Crippen LogP contribution in [0, 0.1) is 6.92 Å². The normalized spacial score (nSPS) is 11.3. The van der Waals surface area contributed by atoms with Gasteiger partial charge in [0.2, 0.25) is 0 Å². The molecule has 0 aliphatic rings. The smallest absolute Gasteiger partial charge is 0.376 e. The first-order chi connectivity index (χ1) is 11.1. The molecule has 2 amide bonds. The van der Waals surface area contributed by atoms with Crippen LogP contribution < -0.4 is 15.5 Å². The summed E-state index contributed by atoms with van der Waals surface area (Å²) in [5.74, 6) is 0.311. The first-order valence-corrected chi connectivity index (χ1v) is 7.05. The second-order valence-electron chi connectivity index (χ2n) is 5.50. The van der Waals surface area contributed by atoms with Crippen molar-refractivity contribution in [3.8, 4) is 0 Å². The van der Waals surface area contributed by atoms with Crippen LogP contribution in [0.25, 0.3) is 0 Å². The van der Waals surface area contributed by atoms with E-state index in [0.29, 0.717) is 11.5 Å². The lowest BCUT2D eigenvalue weighted by atomic mass is 10.1. The van der Waals surface area contributed by atoms with Gasteiger partial charge in [0.05, 0.1) is 16.9 Å². The van der Waals surface area contributed by atoms with E-state index in [0.717, 1.165) is 17.8 Å². The Morgan fingerprint density at radius 1 is 1.21 bits per heavy atom. The molecule has 0 unspecified atom stereocenters. The SMILES string of the molecule is Cc1cc(NC(=O)Nc2cc(C(F)(F)F)ccc2N(C)C)nn1C. The summed E-state index contributed by atoms with van der Waals surface area (Å²) >= 11 is 0. The van der Waals surface area contributed by atoms with Gasteiger partial charge in [0.25, 0.3) is 0 Å². The van der Waals surface area contributed by atoms with Crippen molar-refractivity contribution in [1.82, 2.24) is 9.78 Å². The van der Waals surface area contributed by atoms with Crippen LogP contribution in [0.4, 0.5) is 35.2 Å². The number of halogens is 3. The van der Waals surface area contributed by atoms with Crippen molar-refractivity contribution in [2.45, 2.75) is 13.1 Å². The van der Waals surface area contributed by atoms with E-state index in [1.165, 1.54) is 6.07 Å². The molecule has 0 bridgehead atoms. The number of carbonyl (C=O) groups is 1. The van der Waals surface area contributed by atoms with Crippen LogP contribution in [0.1, 0.15) is 11.3 Å². The number of nitrogens with one attached hydrogen (secondary N) is 2. The van der Waals surface area contributed by atoms with Gasteiger partial charge >= 0.3 is 12.2 Å². The van der Waals surface area contributed by atoms with Crippen LogP contribution in [0.15, 0.2) is 24.3 Å². The molecule has 0 spiro atoms. The van der Waals surface area contributed by atoms with E-state index in [2.05, 4.69) is 15.7 Å². The summed E-state index contributed by atoms with van der Waals surface area (Å²) in [5.41, 5.74) is 0.505. The minimum absolute atomic E-state index is 0.0555. The molecule has 0 atom stereocenters. The summed E-state index contributed by atoms with van der Waals surface area (Å²) in [6.07, 6.45) is -4.49. The van der Waals surface area contributed by atoms with Gasteiger partial charge in [-0.3, -0.25) is 10.00 Å². The maximum Gasteiger partial charge on any atom is 0.416 e. The third-order valence-electron chi connectivity index (χ3n) is 3.41. The van der Waals surface area contributed by atoms with Crippen molar-refractivity contribution in [1.29, 1.82) is 0 Å². The van der Waals surface area contributed by atoms with E-state index in [1.54, 1.807) is 36.8 Å². The Bertz CT molecular complexity index is 733. The van der Waals surface area contributed by atoms with Crippen LogP contribution in [-0.4, -0.2) is 29.9 Å². The number of aromatic nitrogens is 2. The molecule has 0 saturated carbocycles. The third kappa shape index (κ3) is 3.98. The van der Waals surface area contributed by atoms with Gasteiger partial charge in [0.15, 0.2) is 5.82 Å². The Kier molecular flexibility index (Phi) is 4.72. The molecule has 2 N–H and O–H groups in total. The Morgan fingerprint density at radius 3 is 2.38 bits per heavy atom. The highest BCUT2D eigenvalue weighted by molar-refractivity contribution is 6.01. The molecule has 9 heteroatoms. The van der Waals surface area contributed by atoms with Crippen molar-refractivity contribution in [2.75, 3.05) is 29.6 Å². The lowest BCUT2D eigenvalue weighted by molar-refractivity contribution is -0.137. The Labute approximate surface area is 137 Å². The van der Waals surface area contributed by atoms with E-state index < -0.39 is 17.8 Å². The van der Waals surface area contributed by atoms with Crippen LogP contribution >= 0.6 is 0 Å². The number of benzene rings is 1. The molecule has 0 radical (unpaired) electrons. The maximum atomic E-state index is 12.9. The number of hydrogen-bond acceptors (Lipinski definition) is 3. The minimum Gasteiger partial charge on any atom is -0.376 e. The van der Waals surface area contributed by atoms with Crippen molar-refractivity contribution in [3.63, 3.8) is 0 Å². The van der Waals surface area contributed by atoms with Crippen molar-refractivity contribution in [2.24, 2.45) is 7.05 Å². The quantitative estimate of drug-likeness (QED) is 0.899. The molecule has 6 nitrogen and oxygen atoms in total. The Hall–Kier alpha value is -2.71. The zero-order chi connectivity index (χ0) is 18.1. The number of alkyl halides is 3. The average molecular weight is 341 g/mol. The van der Waals surface area contributed by atoms with Crippen molar-refractivity contribution < 1.29 is 18.0 Å². The molecule has 0 aliphatic heterocycles. The topological polar surface area (TPSA) is 62.2 Å². The number of aryl methyl sites for hydroxylation is 2. The van der Waals surface area contributed by atoms with Crippen LogP contribution in [-0.2, 0) is 13.2 Å². The maximum absolute atomic E-state index is 12.9. The van der Waals surface area contributed by atoms with Crippen LogP contribution in [0.5, 0.6) is 0 Å². The third-order valence-corrected chi connectivity index (χ3v) is 3.41. The van der Waals surface area contributed by atoms with Gasteiger partial charge in [-0.2, -0.15) is 18.3 Å². The number of carbonyl (C=O) groups excluding carboxylic acids is 1. The number of nitrogens with zero attached hydrogens (tertiary/aromatic N) is 3. The second-order valence-corrected chi connectivity index (χ2v) is 5.50. The summed E-state index contributed by atoms with van der Waals surface area (Å²) < 4.78 is 40.2. The molecule has 2 rings (SSSR count). The van der Waals surface area contributed by atoms with Gasteiger partial charge in [-0.05, 0) is 25.1 Å². The summed E-state index contributed by atoms with van der Waals surface area (Å²) in [7, 11) is 5.07. The first kappa shape index (κ1) is 17.6. The number of urea groups is 1. The van der Waals surface area contributed by atoms with Crippen molar-refractivity contribution in [3.05, 3.63) is 35.5 Å². The van der Waals surface area contributed by atoms with E-state index in [4.69, 9.17) is 0 Å². The van der Waals surface area contributed by atoms with Crippen molar-refractivity contribution >= 4 is 23.2 Å². The molecular formula is C15H18F3N5O. The summed E-state index contributed by atoms with van der Waals surface area (Å²) in [6, 6.07) is 4.16. The molecule has 0 aliphatic carbocycles. The second kappa shape index (κ2) is 6.42. The van der Waals surface area contributed by atoms with E-state index >= 15 is 0 Å². The summed E-state index contributed by atoms with van der Waals surface area (Å²) in [4.78, 5) is 13.7. The molecule has 2 aromatic rings. The summed E-state index contributed by atoms with van der Waals surface area (Å²) in [6.45, 7) is 1.81. The van der Waals surface area contributed by atoms with Gasteiger partial charge < -0.3 is 10.2 Å². The fourth-order valence-electron chi connectivity index (χ4n) is 2.09. The Balaban J connectivity index is 2.24. The number of rotatable bonds is 3. The highest BCUT2D eigenvalue weighted by Crippen LogP contribution is 2.34. The monoisotopic (exact) mass is 341 g/mol. The largest absolute Gasteiger partial charge is 0.416 e. The van der Waals surface area contributed by atoms with E-state index in [9.17, 15) is 18.0 Å². The highest BCUT2D eigenvalue weighted by atomic mass is 19.4. The number of hydrogen-bond donors (Lipinski definition) is 2. The van der Waals surface area contributed by atoms with Gasteiger partial charge in [0, 0.05) is 32.9 Å². The van der Waals surface area contributed by atoms with Gasteiger partial charge in [-0.25, -0.2) is 4.79 Å². The predicted molar refractivity (Wildman–Crippen MR) is 86.4 cm³/mol. The minimum atomic E-state index is -4.49. The first-order valence-electron chi connectivity index (χ1n) is 7.05. The molecule has 24 heavy (non-hydrogen) atoms. The predicted octanol–water partition coefficient (Wildman–Crippen LogP) is 3.46. The lowest BCUT2D eigenvalue weighted by Gasteiger charge is -2.19. The lowest BCUT2D eigenvalue weighted by Crippen LogP contribution is -2.22. The standard InChI is InChI=1S/C15H18F3N5O/c1-9-7-13(21-23(9)4)20-14(24)19-11-8-10(15(16,17)18)5-6-12(11)22(2)3/h5-8H,1-4H3,(H2,19,20,21,24). The highest BCUT2D eigenvalue weighted by Gasteiger charge is 2.31. The van der Waals surface area contributed by atoms with Gasteiger partial charge in [-0.1, -0.05) is 0 Å². The molecule has 1 aromatic heterocycles. The molecule has 1 heterocycles. The molecule has 1 aromatic carbocycles. The molecule has 0 fully saturated rings. The number of anilines is 3. The van der Waals surface area contributed by atoms with Gasteiger partial charge in [0.1, 0.15) is 0 Å². The molecule has 130 valence electrons. The zero-order valence-electron chi connectivity index (χ0n) is 13.7. The fraction of sp³-hybridized carbons (Fsp3) is 0.333. The van der Waals surface area contributed by atoms with Gasteiger partial charge in [-0.15, -0.1) is 0 Å². The molecular weight excluding hydrogens is 323 g/mol. The molecule has 0 saturated heterocycles. The summed E-state index contributed by atoms with van der Waals surface area (Å²) in [5, 5.41) is 9.00. The fourth-order valence-corrected chi connectivity index (χ4v) is 2.09. The Morgan fingerprint density at radius 2 is 1.88 bits per heavy atom. The van der Waals surface area contributed by atoms with Crippen LogP contribution in [0.2, 0.25) is 0 Å². The van der Waals surface area contributed by atoms with E-state index in [1.807, 2.05) is 6.92 Å². The number of amides is 2. The average Bonchev–Trinajstić information content (AvgIpc) is 2.75.